The molecule has 0 aliphatic carbocycles. The summed E-state index contributed by atoms with van der Waals surface area (Å²) in [7, 11) is 0. The molecule has 3 rings (SSSR count). The Morgan fingerprint density at radius 1 is 1.00 bits per heavy atom. The molecule has 1 aromatic heterocycles. The second kappa shape index (κ2) is 5.70. The monoisotopic (exact) mass is 279 g/mol. The molecule has 2 atom stereocenters. The van der Waals surface area contributed by atoms with Crippen LogP contribution in [0.3, 0.4) is 0 Å². The molecule has 2 aromatic carbocycles. The second-order valence-corrected chi connectivity index (χ2v) is 5.65. The Morgan fingerprint density at radius 2 is 1.67 bits per heavy atom. The van der Waals surface area contributed by atoms with E-state index in [1.165, 1.54) is 11.1 Å². The van der Waals surface area contributed by atoms with Crippen LogP contribution in [0.25, 0.3) is 11.0 Å². The molecule has 2 unspecified atom stereocenters. The van der Waals surface area contributed by atoms with Crippen molar-refractivity contribution in [2.24, 2.45) is 5.73 Å². The lowest BCUT2D eigenvalue weighted by Gasteiger charge is -2.19. The highest BCUT2D eigenvalue weighted by Crippen LogP contribution is 2.26. The van der Waals surface area contributed by atoms with Crippen LogP contribution in [-0.4, -0.2) is 15.6 Å². The molecule has 3 nitrogen and oxygen atoms in total. The van der Waals surface area contributed by atoms with Crippen LogP contribution in [-0.2, 0) is 6.42 Å². The normalized spacial score (nSPS) is 14.2. The van der Waals surface area contributed by atoms with E-state index in [0.29, 0.717) is 0 Å². The summed E-state index contributed by atoms with van der Waals surface area (Å²) in [4.78, 5) is 4.78. The molecular formula is C18H21N3. The summed E-state index contributed by atoms with van der Waals surface area (Å²) in [5.41, 5.74) is 9.49. The standard InChI is InChI=1S/C18H21N3/c1-13(19)12-18-20-16-10-6-7-11-17(16)21(18)14(2)15-8-4-3-5-9-15/h3-11,13-14H,12,19H2,1-2H3. The van der Waals surface area contributed by atoms with Crippen molar-refractivity contribution in [3.8, 4) is 0 Å². The van der Waals surface area contributed by atoms with Crippen LogP contribution in [0.2, 0.25) is 0 Å². The van der Waals surface area contributed by atoms with Crippen LogP contribution >= 0.6 is 0 Å². The van der Waals surface area contributed by atoms with Crippen LogP contribution in [0.15, 0.2) is 54.6 Å². The van der Waals surface area contributed by atoms with Gasteiger partial charge in [-0.15, -0.1) is 0 Å². The minimum Gasteiger partial charge on any atom is -0.328 e. The number of hydrogen-bond donors (Lipinski definition) is 1. The first-order valence-electron chi connectivity index (χ1n) is 7.43. The number of hydrogen-bond acceptors (Lipinski definition) is 2. The van der Waals surface area contributed by atoms with Crippen LogP contribution in [0.5, 0.6) is 0 Å². The van der Waals surface area contributed by atoms with Gasteiger partial charge >= 0.3 is 0 Å². The summed E-state index contributed by atoms with van der Waals surface area (Å²) >= 11 is 0. The number of benzene rings is 2. The molecule has 0 amide bonds. The SMILES string of the molecule is CC(N)Cc1nc2ccccc2n1C(C)c1ccccc1. The van der Waals surface area contributed by atoms with Gasteiger partial charge in [-0.25, -0.2) is 4.98 Å². The van der Waals surface area contributed by atoms with Crippen LogP contribution in [0.1, 0.15) is 31.3 Å². The molecule has 0 spiro atoms. The Morgan fingerprint density at radius 3 is 2.38 bits per heavy atom. The number of nitrogens with zero attached hydrogens (tertiary/aromatic N) is 2. The summed E-state index contributed by atoms with van der Waals surface area (Å²) in [6.45, 7) is 4.24. The van der Waals surface area contributed by atoms with Crippen molar-refractivity contribution >= 4 is 11.0 Å². The van der Waals surface area contributed by atoms with E-state index in [-0.39, 0.29) is 12.1 Å². The summed E-state index contributed by atoms with van der Waals surface area (Å²) in [6.07, 6.45) is 0.784. The van der Waals surface area contributed by atoms with Crippen molar-refractivity contribution in [2.45, 2.75) is 32.4 Å². The lowest BCUT2D eigenvalue weighted by Crippen LogP contribution is -2.22. The molecule has 0 saturated carbocycles. The first kappa shape index (κ1) is 13.8. The van der Waals surface area contributed by atoms with Crippen molar-refractivity contribution < 1.29 is 0 Å². The molecule has 21 heavy (non-hydrogen) atoms. The topological polar surface area (TPSA) is 43.8 Å². The van der Waals surface area contributed by atoms with Crippen molar-refractivity contribution in [2.75, 3.05) is 0 Å². The van der Waals surface area contributed by atoms with Crippen molar-refractivity contribution in [1.82, 2.24) is 9.55 Å². The van der Waals surface area contributed by atoms with E-state index in [4.69, 9.17) is 10.7 Å². The number of rotatable bonds is 4. The van der Waals surface area contributed by atoms with Crippen LogP contribution in [0.4, 0.5) is 0 Å². The van der Waals surface area contributed by atoms with E-state index in [1.54, 1.807) is 0 Å². The molecule has 3 aromatic rings. The lowest BCUT2D eigenvalue weighted by atomic mass is 10.1. The highest BCUT2D eigenvalue weighted by Gasteiger charge is 2.17. The highest BCUT2D eigenvalue weighted by molar-refractivity contribution is 5.76. The average molecular weight is 279 g/mol. The van der Waals surface area contributed by atoms with Crippen molar-refractivity contribution in [1.29, 1.82) is 0 Å². The average Bonchev–Trinajstić information content (AvgIpc) is 2.84. The summed E-state index contributed by atoms with van der Waals surface area (Å²) in [5, 5.41) is 0. The number of aromatic nitrogens is 2. The third-order valence-corrected chi connectivity index (χ3v) is 3.84. The molecule has 0 saturated heterocycles. The van der Waals surface area contributed by atoms with E-state index >= 15 is 0 Å². The van der Waals surface area contributed by atoms with Gasteiger partial charge < -0.3 is 10.3 Å². The summed E-state index contributed by atoms with van der Waals surface area (Å²) in [6, 6.07) is 19.2. The van der Waals surface area contributed by atoms with Gasteiger partial charge in [-0.05, 0) is 31.5 Å². The molecule has 0 aliphatic rings. The van der Waals surface area contributed by atoms with Gasteiger partial charge in [-0.2, -0.15) is 0 Å². The first-order chi connectivity index (χ1) is 10.2. The fourth-order valence-electron chi connectivity index (χ4n) is 2.84. The largest absolute Gasteiger partial charge is 0.328 e. The smallest absolute Gasteiger partial charge is 0.111 e. The Labute approximate surface area is 125 Å². The van der Waals surface area contributed by atoms with E-state index in [2.05, 4.69) is 54.0 Å². The highest BCUT2D eigenvalue weighted by atomic mass is 15.1. The lowest BCUT2D eigenvalue weighted by molar-refractivity contribution is 0.590. The van der Waals surface area contributed by atoms with E-state index in [9.17, 15) is 0 Å². The predicted molar refractivity (Wildman–Crippen MR) is 87.3 cm³/mol. The molecule has 108 valence electrons. The summed E-state index contributed by atoms with van der Waals surface area (Å²) < 4.78 is 2.31. The van der Waals surface area contributed by atoms with Gasteiger partial charge in [-0.3, -0.25) is 0 Å². The molecular weight excluding hydrogens is 258 g/mol. The summed E-state index contributed by atoms with van der Waals surface area (Å²) in [5.74, 6) is 1.06. The Balaban J connectivity index is 2.14. The maximum Gasteiger partial charge on any atom is 0.111 e. The fourth-order valence-corrected chi connectivity index (χ4v) is 2.84. The Hall–Kier alpha value is -2.13. The first-order valence-corrected chi connectivity index (χ1v) is 7.43. The molecule has 3 heteroatoms. The van der Waals surface area contributed by atoms with E-state index < -0.39 is 0 Å². The minimum atomic E-state index is 0.100. The molecule has 0 fully saturated rings. The van der Waals surface area contributed by atoms with E-state index in [0.717, 1.165) is 17.8 Å². The molecule has 1 heterocycles. The zero-order valence-corrected chi connectivity index (χ0v) is 12.5. The molecule has 0 radical (unpaired) electrons. The number of para-hydroxylation sites is 2. The van der Waals surface area contributed by atoms with Gasteiger partial charge in [-0.1, -0.05) is 42.5 Å². The maximum atomic E-state index is 6.00. The van der Waals surface area contributed by atoms with Crippen LogP contribution < -0.4 is 5.73 Å². The van der Waals surface area contributed by atoms with E-state index in [1.807, 2.05) is 19.1 Å². The molecule has 0 bridgehead atoms. The second-order valence-electron chi connectivity index (χ2n) is 5.65. The number of imidazole rings is 1. The van der Waals surface area contributed by atoms with Crippen molar-refractivity contribution in [3.05, 3.63) is 66.0 Å². The number of fused-ring (bicyclic) bond motifs is 1. The predicted octanol–water partition coefficient (Wildman–Crippen LogP) is 3.54. The quantitative estimate of drug-likeness (QED) is 0.794. The Bertz CT molecular complexity index is 729. The van der Waals surface area contributed by atoms with Gasteiger partial charge in [0.25, 0.3) is 0 Å². The van der Waals surface area contributed by atoms with Gasteiger partial charge in [0, 0.05) is 12.5 Å². The maximum absolute atomic E-state index is 6.00. The van der Waals surface area contributed by atoms with Crippen molar-refractivity contribution in [3.63, 3.8) is 0 Å². The van der Waals surface area contributed by atoms with Gasteiger partial charge in [0.2, 0.25) is 0 Å². The minimum absolute atomic E-state index is 0.100. The third kappa shape index (κ3) is 2.69. The molecule has 0 aliphatic heterocycles. The zero-order valence-electron chi connectivity index (χ0n) is 12.5. The zero-order chi connectivity index (χ0) is 14.8. The fraction of sp³-hybridized carbons (Fsp3) is 0.278. The van der Waals surface area contributed by atoms with Gasteiger partial charge in [0.05, 0.1) is 17.1 Å². The third-order valence-electron chi connectivity index (χ3n) is 3.84. The van der Waals surface area contributed by atoms with Gasteiger partial charge in [0.1, 0.15) is 5.82 Å². The van der Waals surface area contributed by atoms with Crippen LogP contribution in [0, 0.1) is 0 Å². The molecule has 2 N–H and O–H groups in total. The van der Waals surface area contributed by atoms with Gasteiger partial charge in [0.15, 0.2) is 0 Å². The number of nitrogens with two attached hydrogens (primary N) is 1. The Kier molecular flexibility index (Phi) is 3.76.